The van der Waals surface area contributed by atoms with Crippen LogP contribution in [0.2, 0.25) is 0 Å². The average molecular weight is 391 g/mol. The molecule has 0 aliphatic heterocycles. The Morgan fingerprint density at radius 1 is 0.966 bits per heavy atom. The van der Waals surface area contributed by atoms with Crippen molar-refractivity contribution < 1.29 is 19.4 Å². The van der Waals surface area contributed by atoms with Crippen LogP contribution in [0.4, 0.5) is 5.69 Å². The lowest BCUT2D eigenvalue weighted by atomic mass is 10.1. The highest BCUT2D eigenvalue weighted by Gasteiger charge is 2.14. The number of carbonyl (C=O) groups is 1. The number of ether oxygens (including phenoxy) is 2. The van der Waals surface area contributed by atoms with E-state index in [1.165, 1.54) is 5.56 Å². The summed E-state index contributed by atoms with van der Waals surface area (Å²) in [4.78, 5) is 11.4. The van der Waals surface area contributed by atoms with Gasteiger partial charge >= 0.3 is 5.97 Å². The van der Waals surface area contributed by atoms with Crippen molar-refractivity contribution in [2.45, 2.75) is 27.0 Å². The van der Waals surface area contributed by atoms with Crippen molar-refractivity contribution in [2.24, 2.45) is 0 Å². The molecular weight excluding hydrogens is 366 g/mol. The van der Waals surface area contributed by atoms with E-state index in [1.54, 1.807) is 26.2 Å². The van der Waals surface area contributed by atoms with E-state index in [4.69, 9.17) is 9.47 Å². The second kappa shape index (κ2) is 9.15. The topological polar surface area (TPSA) is 67.8 Å². The molecule has 0 radical (unpaired) electrons. The van der Waals surface area contributed by atoms with E-state index in [2.05, 4.69) is 18.3 Å². The van der Waals surface area contributed by atoms with Crippen LogP contribution in [0.15, 0.2) is 60.7 Å². The van der Waals surface area contributed by atoms with Crippen molar-refractivity contribution in [3.63, 3.8) is 0 Å². The normalized spacial score (nSPS) is 10.4. The van der Waals surface area contributed by atoms with Crippen molar-refractivity contribution >= 4 is 11.7 Å². The highest BCUT2D eigenvalue weighted by atomic mass is 16.5. The molecule has 0 amide bonds. The van der Waals surface area contributed by atoms with Gasteiger partial charge in [-0.15, -0.1) is 0 Å². The van der Waals surface area contributed by atoms with Crippen LogP contribution in [0.5, 0.6) is 11.5 Å². The summed E-state index contributed by atoms with van der Waals surface area (Å²) in [6.45, 7) is 4.77. The quantitative estimate of drug-likeness (QED) is 0.552. The first-order valence-electron chi connectivity index (χ1n) is 9.41. The number of methoxy groups -OCH3 is 1. The Hall–Kier alpha value is -3.47. The Balaban J connectivity index is 1.82. The van der Waals surface area contributed by atoms with Crippen LogP contribution in [-0.4, -0.2) is 18.2 Å². The molecule has 3 aromatic carbocycles. The maximum Gasteiger partial charge on any atom is 0.336 e. The number of carboxylic acids is 1. The van der Waals surface area contributed by atoms with Gasteiger partial charge in [0.2, 0.25) is 0 Å². The highest BCUT2D eigenvalue weighted by molar-refractivity contribution is 5.91. The summed E-state index contributed by atoms with van der Waals surface area (Å²) in [6, 6.07) is 19.1. The first-order chi connectivity index (χ1) is 14.0. The van der Waals surface area contributed by atoms with Gasteiger partial charge in [0.05, 0.1) is 12.7 Å². The molecule has 29 heavy (non-hydrogen) atoms. The first kappa shape index (κ1) is 20.3. The Bertz CT molecular complexity index is 1010. The molecule has 0 aliphatic carbocycles. The van der Waals surface area contributed by atoms with E-state index in [-0.39, 0.29) is 5.56 Å². The van der Waals surface area contributed by atoms with Gasteiger partial charge in [0.15, 0.2) is 11.5 Å². The number of benzene rings is 3. The molecule has 5 nitrogen and oxygen atoms in total. The van der Waals surface area contributed by atoms with Crippen molar-refractivity contribution in [3.8, 4) is 11.5 Å². The van der Waals surface area contributed by atoms with E-state index < -0.39 is 5.97 Å². The summed E-state index contributed by atoms with van der Waals surface area (Å²) in [5, 5.41) is 12.7. The minimum absolute atomic E-state index is 0.289. The number of anilines is 1. The van der Waals surface area contributed by atoms with Crippen LogP contribution >= 0.6 is 0 Å². The van der Waals surface area contributed by atoms with Crippen molar-refractivity contribution in [2.75, 3.05) is 12.4 Å². The predicted octanol–water partition coefficient (Wildman–Crippen LogP) is 5.20. The lowest BCUT2D eigenvalue weighted by molar-refractivity contribution is 0.0696. The Morgan fingerprint density at radius 3 is 2.41 bits per heavy atom. The zero-order valence-electron chi connectivity index (χ0n) is 16.9. The summed E-state index contributed by atoms with van der Waals surface area (Å²) in [7, 11) is 1.62. The third-order valence-electron chi connectivity index (χ3n) is 4.95. The molecule has 0 saturated carbocycles. The molecule has 150 valence electrons. The lowest BCUT2D eigenvalue weighted by Crippen LogP contribution is -2.08. The van der Waals surface area contributed by atoms with Gasteiger partial charge in [-0.05, 0) is 48.7 Å². The fourth-order valence-electron chi connectivity index (χ4n) is 3.20. The van der Waals surface area contributed by atoms with Gasteiger partial charge in [-0.25, -0.2) is 4.79 Å². The van der Waals surface area contributed by atoms with Crippen molar-refractivity contribution in [1.82, 2.24) is 0 Å². The van der Waals surface area contributed by atoms with Gasteiger partial charge in [0.1, 0.15) is 6.61 Å². The fraction of sp³-hybridized carbons (Fsp3) is 0.208. The number of carboxylic acid groups (broad SMARTS) is 1. The third-order valence-corrected chi connectivity index (χ3v) is 4.95. The number of rotatable bonds is 8. The number of aromatic carboxylic acids is 1. The molecule has 2 N–H and O–H groups in total. The lowest BCUT2D eigenvalue weighted by Gasteiger charge is -2.17. The zero-order chi connectivity index (χ0) is 20.8. The number of nitrogens with one attached hydrogen (secondary N) is 1. The molecular formula is C24H25NO4. The molecule has 0 bridgehead atoms. The van der Waals surface area contributed by atoms with E-state index >= 15 is 0 Å². The van der Waals surface area contributed by atoms with Crippen LogP contribution in [0.3, 0.4) is 0 Å². The maximum absolute atomic E-state index is 11.4. The van der Waals surface area contributed by atoms with E-state index in [0.29, 0.717) is 30.2 Å². The van der Waals surface area contributed by atoms with Crippen LogP contribution in [0.25, 0.3) is 0 Å². The van der Waals surface area contributed by atoms with Gasteiger partial charge in [-0.1, -0.05) is 42.5 Å². The molecule has 0 fully saturated rings. The van der Waals surface area contributed by atoms with Crippen molar-refractivity contribution in [3.05, 3.63) is 88.5 Å². The Kier molecular flexibility index (Phi) is 6.39. The molecule has 0 aromatic heterocycles. The molecule has 0 atom stereocenters. The van der Waals surface area contributed by atoms with E-state index in [9.17, 15) is 9.90 Å². The third kappa shape index (κ3) is 4.69. The largest absolute Gasteiger partial charge is 0.493 e. The summed E-state index contributed by atoms with van der Waals surface area (Å²) in [5.74, 6) is 0.404. The molecule has 3 rings (SSSR count). The minimum Gasteiger partial charge on any atom is -0.493 e. The number of hydrogen-bond donors (Lipinski definition) is 2. The summed E-state index contributed by atoms with van der Waals surface area (Å²) in [6.07, 6.45) is 0. The summed E-state index contributed by atoms with van der Waals surface area (Å²) >= 11 is 0. The highest BCUT2D eigenvalue weighted by Crippen LogP contribution is 2.33. The Morgan fingerprint density at radius 2 is 1.69 bits per heavy atom. The van der Waals surface area contributed by atoms with Gasteiger partial charge < -0.3 is 19.9 Å². The van der Waals surface area contributed by atoms with Gasteiger partial charge in [-0.3, -0.25) is 0 Å². The SMILES string of the molecule is COc1cccc(CNc2cccc(C(=O)O)c2C)c1OCc1ccccc1C. The van der Waals surface area contributed by atoms with E-state index in [1.807, 2.05) is 42.5 Å². The number of para-hydroxylation sites is 1. The van der Waals surface area contributed by atoms with Crippen LogP contribution in [-0.2, 0) is 13.2 Å². The number of hydrogen-bond acceptors (Lipinski definition) is 4. The van der Waals surface area contributed by atoms with Crippen LogP contribution < -0.4 is 14.8 Å². The summed E-state index contributed by atoms with van der Waals surface area (Å²) < 4.78 is 11.6. The first-order valence-corrected chi connectivity index (χ1v) is 9.41. The Labute approximate surface area is 170 Å². The molecule has 0 spiro atoms. The smallest absolute Gasteiger partial charge is 0.336 e. The second-order valence-electron chi connectivity index (χ2n) is 6.80. The number of aryl methyl sites for hydroxylation is 1. The standard InChI is InChI=1S/C24H25NO4/c1-16-8-4-5-9-19(16)15-29-23-18(10-6-13-22(23)28-3)14-25-21-12-7-11-20(17(21)2)24(26)27/h4-13,25H,14-15H2,1-3H3,(H,26,27). The molecule has 0 unspecified atom stereocenters. The molecule has 0 aliphatic rings. The monoisotopic (exact) mass is 391 g/mol. The average Bonchev–Trinajstić information content (AvgIpc) is 2.72. The van der Waals surface area contributed by atoms with E-state index in [0.717, 1.165) is 16.8 Å². The zero-order valence-corrected chi connectivity index (χ0v) is 16.9. The summed E-state index contributed by atoms with van der Waals surface area (Å²) in [5.41, 5.74) is 4.98. The minimum atomic E-state index is -0.935. The van der Waals surface area contributed by atoms with Gasteiger partial charge in [-0.2, -0.15) is 0 Å². The fourth-order valence-corrected chi connectivity index (χ4v) is 3.20. The molecule has 0 saturated heterocycles. The van der Waals surface area contributed by atoms with Gasteiger partial charge in [0, 0.05) is 17.8 Å². The predicted molar refractivity (Wildman–Crippen MR) is 114 cm³/mol. The molecule has 0 heterocycles. The van der Waals surface area contributed by atoms with Gasteiger partial charge in [0.25, 0.3) is 0 Å². The second-order valence-corrected chi connectivity index (χ2v) is 6.80. The molecule has 5 heteroatoms. The van der Waals surface area contributed by atoms with Crippen LogP contribution in [0.1, 0.15) is 32.6 Å². The van der Waals surface area contributed by atoms with Crippen molar-refractivity contribution in [1.29, 1.82) is 0 Å². The van der Waals surface area contributed by atoms with Crippen LogP contribution in [0, 0.1) is 13.8 Å². The molecule has 3 aromatic rings. The maximum atomic E-state index is 11.4.